The summed E-state index contributed by atoms with van der Waals surface area (Å²) in [5.74, 6) is 1.23. The van der Waals surface area contributed by atoms with Gasteiger partial charge < -0.3 is 0 Å². The van der Waals surface area contributed by atoms with Crippen molar-refractivity contribution < 1.29 is 4.79 Å². The van der Waals surface area contributed by atoms with Gasteiger partial charge in [-0.15, -0.1) is 0 Å². The molecule has 4 aliphatic rings. The predicted molar refractivity (Wildman–Crippen MR) is 98.2 cm³/mol. The molecule has 24 heavy (non-hydrogen) atoms. The second kappa shape index (κ2) is 4.02. The summed E-state index contributed by atoms with van der Waals surface area (Å²) >= 11 is 0. The van der Waals surface area contributed by atoms with Crippen LogP contribution in [0.5, 0.6) is 0 Å². The lowest BCUT2D eigenvalue weighted by Gasteiger charge is -2.61. The molecule has 2 bridgehead atoms. The first-order valence-electron chi connectivity index (χ1n) is 9.08. The molecule has 0 heterocycles. The largest absolute Gasteiger partial charge is 0.298 e. The maximum atomic E-state index is 13.4. The average Bonchev–Trinajstić information content (AvgIpc) is 2.94. The minimum Gasteiger partial charge on any atom is -0.298 e. The maximum Gasteiger partial charge on any atom is 0.147 e. The lowest BCUT2D eigenvalue weighted by Crippen LogP contribution is -2.59. The van der Waals surface area contributed by atoms with E-state index in [1.807, 2.05) is 0 Å². The van der Waals surface area contributed by atoms with Crippen molar-refractivity contribution in [2.75, 3.05) is 0 Å². The van der Waals surface area contributed by atoms with Crippen molar-refractivity contribution in [3.05, 3.63) is 58.7 Å². The third-order valence-corrected chi connectivity index (χ3v) is 8.19. The van der Waals surface area contributed by atoms with Crippen molar-refractivity contribution >= 4 is 16.6 Å². The lowest BCUT2D eigenvalue weighted by molar-refractivity contribution is -0.143. The summed E-state index contributed by atoms with van der Waals surface area (Å²) in [6.07, 6.45) is 0. The number of Topliss-reactive ketones (excluding diaryl/α,β-unsaturated/α-hetero) is 1. The molecule has 1 nitrogen and oxygen atoms in total. The number of fused-ring (bicyclic) bond motifs is 1. The Balaban J connectivity index is 1.96. The second-order valence-corrected chi connectivity index (χ2v) is 8.57. The van der Waals surface area contributed by atoms with Crippen molar-refractivity contribution in [2.45, 2.75) is 46.5 Å². The van der Waals surface area contributed by atoms with Crippen molar-refractivity contribution in [2.24, 2.45) is 16.7 Å². The fraction of sp³-hybridized carbons (Fsp3) is 0.435. The molecule has 6 rings (SSSR count). The highest BCUT2D eigenvalue weighted by Gasteiger charge is 2.68. The van der Waals surface area contributed by atoms with Crippen LogP contribution in [0.25, 0.3) is 10.8 Å². The maximum absolute atomic E-state index is 13.4. The molecule has 0 radical (unpaired) electrons. The molecule has 0 aliphatic heterocycles. The summed E-state index contributed by atoms with van der Waals surface area (Å²) in [5.41, 5.74) is 5.19. The van der Waals surface area contributed by atoms with Gasteiger partial charge in [0.15, 0.2) is 0 Å². The summed E-state index contributed by atoms with van der Waals surface area (Å²) in [5, 5.41) is 2.73. The van der Waals surface area contributed by atoms with E-state index in [4.69, 9.17) is 0 Å². The third kappa shape index (κ3) is 1.20. The summed E-state index contributed by atoms with van der Waals surface area (Å²) in [6, 6.07) is 13.4. The van der Waals surface area contributed by atoms with Crippen molar-refractivity contribution in [3.63, 3.8) is 0 Å². The van der Waals surface area contributed by atoms with Crippen LogP contribution in [-0.2, 0) is 4.79 Å². The summed E-state index contributed by atoms with van der Waals surface area (Å²) < 4.78 is 0. The average molecular weight is 316 g/mol. The van der Waals surface area contributed by atoms with Gasteiger partial charge in [0, 0.05) is 23.2 Å². The zero-order valence-corrected chi connectivity index (χ0v) is 15.1. The van der Waals surface area contributed by atoms with Crippen LogP contribution in [0.2, 0.25) is 0 Å². The molecule has 0 unspecified atom stereocenters. The van der Waals surface area contributed by atoms with Crippen LogP contribution in [0.1, 0.15) is 57.6 Å². The normalized spacial score (nSPS) is 39.7. The van der Waals surface area contributed by atoms with Gasteiger partial charge in [0.1, 0.15) is 5.78 Å². The molecule has 0 amide bonds. The van der Waals surface area contributed by atoms with Crippen LogP contribution in [0, 0.1) is 16.7 Å². The van der Waals surface area contributed by atoms with E-state index in [-0.39, 0.29) is 22.7 Å². The Morgan fingerprint density at radius 3 is 2.08 bits per heavy atom. The Morgan fingerprint density at radius 2 is 1.46 bits per heavy atom. The highest BCUT2D eigenvalue weighted by atomic mass is 16.1. The first kappa shape index (κ1) is 14.5. The summed E-state index contributed by atoms with van der Waals surface area (Å²) in [6.45, 7) is 11.2. The molecule has 5 atom stereocenters. The van der Waals surface area contributed by atoms with Crippen LogP contribution >= 0.6 is 0 Å². The van der Waals surface area contributed by atoms with Gasteiger partial charge in [-0.3, -0.25) is 4.79 Å². The molecular formula is C23H24O. The smallest absolute Gasteiger partial charge is 0.147 e. The van der Waals surface area contributed by atoms with E-state index in [2.05, 4.69) is 71.0 Å². The first-order valence-corrected chi connectivity index (χ1v) is 9.08. The predicted octanol–water partition coefficient (Wildman–Crippen LogP) is 5.60. The van der Waals surface area contributed by atoms with E-state index in [1.54, 1.807) is 0 Å². The summed E-state index contributed by atoms with van der Waals surface area (Å²) in [4.78, 5) is 13.4. The van der Waals surface area contributed by atoms with Crippen LogP contribution in [-0.4, -0.2) is 5.78 Å². The Labute approximate surface area is 143 Å². The number of benzene rings is 2. The topological polar surface area (TPSA) is 17.1 Å². The van der Waals surface area contributed by atoms with E-state index < -0.39 is 0 Å². The van der Waals surface area contributed by atoms with Crippen LogP contribution in [0.3, 0.4) is 0 Å². The standard InChI is InChI=1S/C23H24O/c1-12-13(2)23(5)20-17-11-7-9-15-8-6-10-16(18(15)17)19(20)22(12,4)14(3)21(23)24/h6-11,14,19-20H,1-5H3/t14-,19-,20+,22+,23+/m0/s1. The van der Waals surface area contributed by atoms with Gasteiger partial charge in [0.2, 0.25) is 0 Å². The Hall–Kier alpha value is -1.89. The highest BCUT2D eigenvalue weighted by molar-refractivity contribution is 6.00. The minimum atomic E-state index is -0.362. The van der Waals surface area contributed by atoms with Gasteiger partial charge >= 0.3 is 0 Å². The van der Waals surface area contributed by atoms with Crippen LogP contribution < -0.4 is 0 Å². The number of carbonyl (C=O) groups is 1. The molecule has 2 aromatic carbocycles. The number of allylic oxidation sites excluding steroid dienone is 2. The molecule has 1 heteroatoms. The lowest BCUT2D eigenvalue weighted by atomic mass is 9.40. The Morgan fingerprint density at radius 1 is 0.875 bits per heavy atom. The minimum absolute atomic E-state index is 0.0725. The molecule has 0 N–H and O–H groups in total. The van der Waals surface area contributed by atoms with Gasteiger partial charge in [-0.2, -0.15) is 0 Å². The molecule has 122 valence electrons. The van der Waals surface area contributed by atoms with E-state index >= 15 is 0 Å². The first-order chi connectivity index (χ1) is 11.3. The van der Waals surface area contributed by atoms with Crippen molar-refractivity contribution in [3.8, 4) is 0 Å². The zero-order valence-electron chi connectivity index (χ0n) is 15.1. The molecular weight excluding hydrogens is 292 g/mol. The molecule has 1 fully saturated rings. The van der Waals surface area contributed by atoms with Crippen molar-refractivity contribution in [1.82, 2.24) is 0 Å². The summed E-state index contributed by atoms with van der Waals surface area (Å²) in [7, 11) is 0. The van der Waals surface area contributed by atoms with E-state index in [0.29, 0.717) is 11.7 Å². The molecule has 1 saturated carbocycles. The number of hydrogen-bond acceptors (Lipinski definition) is 1. The van der Waals surface area contributed by atoms with Crippen LogP contribution in [0.4, 0.5) is 0 Å². The molecule has 0 saturated heterocycles. The SMILES string of the molecule is CC1=C(C)[C@]2(C)[C@@H](C)C(=O)[C@@]1(C)[C@@H]1c3cccc4cccc(c34)[C@@H]12. The number of hydrogen-bond donors (Lipinski definition) is 0. The van der Waals surface area contributed by atoms with Crippen LogP contribution in [0.15, 0.2) is 47.5 Å². The van der Waals surface area contributed by atoms with Gasteiger partial charge in [-0.25, -0.2) is 0 Å². The van der Waals surface area contributed by atoms with Gasteiger partial charge in [-0.1, -0.05) is 61.4 Å². The fourth-order valence-corrected chi connectivity index (χ4v) is 6.51. The Bertz CT molecular complexity index is 960. The fourth-order valence-electron chi connectivity index (χ4n) is 6.51. The van der Waals surface area contributed by atoms with E-state index in [9.17, 15) is 4.79 Å². The highest BCUT2D eigenvalue weighted by Crippen LogP contribution is 2.74. The van der Waals surface area contributed by atoms with Gasteiger partial charge in [-0.05, 0) is 42.7 Å². The Kier molecular flexibility index (Phi) is 2.42. The van der Waals surface area contributed by atoms with E-state index in [0.717, 1.165) is 0 Å². The molecule has 4 aliphatic carbocycles. The zero-order chi connectivity index (χ0) is 17.0. The third-order valence-electron chi connectivity index (χ3n) is 8.19. The molecule has 0 aromatic heterocycles. The molecule has 2 aromatic rings. The number of rotatable bonds is 0. The second-order valence-electron chi connectivity index (χ2n) is 8.57. The van der Waals surface area contributed by atoms with Gasteiger partial charge in [0.05, 0.1) is 5.41 Å². The quantitative estimate of drug-likeness (QED) is 0.578. The van der Waals surface area contributed by atoms with Gasteiger partial charge in [0.25, 0.3) is 0 Å². The van der Waals surface area contributed by atoms with E-state index in [1.165, 1.54) is 33.0 Å². The molecule has 0 spiro atoms. The number of carbonyl (C=O) groups excluding carboxylic acids is 1. The van der Waals surface area contributed by atoms with Crippen molar-refractivity contribution in [1.29, 1.82) is 0 Å². The monoisotopic (exact) mass is 316 g/mol. The number of ketones is 1.